The van der Waals surface area contributed by atoms with Crippen molar-refractivity contribution in [2.24, 2.45) is 18.0 Å². The van der Waals surface area contributed by atoms with Crippen LogP contribution in [0, 0.1) is 5.92 Å². The molecule has 1 fully saturated rings. The maximum absolute atomic E-state index is 4.33. The predicted molar refractivity (Wildman–Crippen MR) is 111 cm³/mol. The van der Waals surface area contributed by atoms with Crippen molar-refractivity contribution in [2.75, 3.05) is 26.7 Å². The van der Waals surface area contributed by atoms with Crippen LogP contribution in [0.15, 0.2) is 17.3 Å². The number of piperidine rings is 1. The van der Waals surface area contributed by atoms with E-state index in [0.717, 1.165) is 30.7 Å². The Labute approximate surface area is 163 Å². The zero-order valence-electron chi connectivity index (χ0n) is 15.7. The topological polar surface area (TPSA) is 57.5 Å². The molecule has 7 heteroatoms. The number of likely N-dealkylation sites (tertiary alicyclic amines) is 1. The number of nitrogens with zero attached hydrogens (tertiary/aromatic N) is 4. The second-order valence-corrected chi connectivity index (χ2v) is 7.23. The molecule has 0 amide bonds. The molecule has 1 unspecified atom stereocenters. The van der Waals surface area contributed by atoms with Gasteiger partial charge in [-0.15, -0.1) is 24.0 Å². The monoisotopic (exact) mass is 448 g/mol. The summed E-state index contributed by atoms with van der Waals surface area (Å²) < 4.78 is 1.87. The lowest BCUT2D eigenvalue weighted by Crippen LogP contribution is -2.55. The summed E-state index contributed by atoms with van der Waals surface area (Å²) in [5.41, 5.74) is 1.26. The molecule has 6 nitrogen and oxygen atoms in total. The number of aryl methyl sites for hydroxylation is 1. The van der Waals surface area contributed by atoms with E-state index in [-0.39, 0.29) is 29.5 Å². The molecule has 0 radical (unpaired) electrons. The number of hydrogen-bond acceptors (Lipinski definition) is 3. The molecular formula is C17H33IN6. The van der Waals surface area contributed by atoms with Crippen LogP contribution >= 0.6 is 24.0 Å². The molecule has 1 aliphatic rings. The molecule has 1 atom stereocenters. The summed E-state index contributed by atoms with van der Waals surface area (Å²) in [6, 6.07) is 2.01. The standard InChI is InChI=1S/C17H32N6.HI/c1-14-7-6-10-23(12-14)17(2,3)13-20-16(18-4)19-11-15-8-9-21-22(15)5;/h8-9,14H,6-7,10-13H2,1-5H3,(H2,18,19,20);1H. The molecule has 0 saturated carbocycles. The van der Waals surface area contributed by atoms with Gasteiger partial charge in [0.05, 0.1) is 12.2 Å². The van der Waals surface area contributed by atoms with Crippen molar-refractivity contribution in [1.82, 2.24) is 25.3 Å². The smallest absolute Gasteiger partial charge is 0.191 e. The quantitative estimate of drug-likeness (QED) is 0.412. The van der Waals surface area contributed by atoms with Crippen molar-refractivity contribution in [3.8, 4) is 0 Å². The van der Waals surface area contributed by atoms with Gasteiger partial charge in [0.1, 0.15) is 0 Å². The summed E-state index contributed by atoms with van der Waals surface area (Å²) >= 11 is 0. The Morgan fingerprint density at radius 2 is 2.17 bits per heavy atom. The van der Waals surface area contributed by atoms with E-state index in [1.807, 2.05) is 31.0 Å². The lowest BCUT2D eigenvalue weighted by atomic mass is 9.93. The number of guanidine groups is 1. The Balaban J connectivity index is 0.00000288. The molecule has 0 aromatic carbocycles. The lowest BCUT2D eigenvalue weighted by Gasteiger charge is -2.43. The maximum Gasteiger partial charge on any atom is 0.191 e. The summed E-state index contributed by atoms with van der Waals surface area (Å²) in [4.78, 5) is 6.93. The lowest BCUT2D eigenvalue weighted by molar-refractivity contribution is 0.0739. The van der Waals surface area contributed by atoms with Crippen LogP contribution in [-0.4, -0.2) is 52.9 Å². The first-order valence-electron chi connectivity index (χ1n) is 8.59. The molecule has 1 aromatic rings. The van der Waals surface area contributed by atoms with E-state index in [1.54, 1.807) is 0 Å². The van der Waals surface area contributed by atoms with Crippen molar-refractivity contribution in [3.63, 3.8) is 0 Å². The molecule has 1 aromatic heterocycles. The molecule has 24 heavy (non-hydrogen) atoms. The Hall–Kier alpha value is -0.830. The Bertz CT molecular complexity index is 525. The van der Waals surface area contributed by atoms with E-state index in [0.29, 0.717) is 0 Å². The van der Waals surface area contributed by atoms with Gasteiger partial charge in [-0.2, -0.15) is 5.10 Å². The summed E-state index contributed by atoms with van der Waals surface area (Å²) in [6.07, 6.45) is 4.47. The van der Waals surface area contributed by atoms with Crippen molar-refractivity contribution < 1.29 is 0 Å². The van der Waals surface area contributed by atoms with Gasteiger partial charge in [0, 0.05) is 38.9 Å². The van der Waals surface area contributed by atoms with Crippen LogP contribution in [0.3, 0.4) is 0 Å². The second kappa shape index (κ2) is 9.60. The molecule has 0 bridgehead atoms. The highest BCUT2D eigenvalue weighted by Crippen LogP contribution is 2.23. The summed E-state index contributed by atoms with van der Waals surface area (Å²) in [7, 11) is 3.77. The number of rotatable bonds is 5. The average Bonchev–Trinajstić information content (AvgIpc) is 2.93. The van der Waals surface area contributed by atoms with E-state index in [2.05, 4.69) is 46.4 Å². The van der Waals surface area contributed by atoms with Crippen LogP contribution in [0.2, 0.25) is 0 Å². The molecule has 2 N–H and O–H groups in total. The number of nitrogens with one attached hydrogen (secondary N) is 2. The van der Waals surface area contributed by atoms with Crippen molar-refractivity contribution >= 4 is 29.9 Å². The number of aliphatic imine (C=N–C) groups is 1. The SMILES string of the molecule is CN=C(NCc1ccnn1C)NCC(C)(C)N1CCCC(C)C1.I. The first-order valence-corrected chi connectivity index (χ1v) is 8.59. The van der Waals surface area contributed by atoms with Crippen LogP contribution in [0.1, 0.15) is 39.3 Å². The van der Waals surface area contributed by atoms with E-state index < -0.39 is 0 Å². The maximum atomic E-state index is 4.33. The van der Waals surface area contributed by atoms with Crippen LogP contribution in [0.25, 0.3) is 0 Å². The molecule has 2 heterocycles. The van der Waals surface area contributed by atoms with Crippen molar-refractivity contribution in [2.45, 2.75) is 45.7 Å². The molecular weight excluding hydrogens is 415 g/mol. The van der Waals surface area contributed by atoms with Crippen LogP contribution in [0.4, 0.5) is 0 Å². The molecule has 1 saturated heterocycles. The fourth-order valence-corrected chi connectivity index (χ4v) is 3.12. The van der Waals surface area contributed by atoms with Crippen LogP contribution < -0.4 is 10.6 Å². The zero-order chi connectivity index (χ0) is 16.9. The zero-order valence-corrected chi connectivity index (χ0v) is 18.0. The molecule has 1 aliphatic heterocycles. The highest BCUT2D eigenvalue weighted by molar-refractivity contribution is 14.0. The third-order valence-corrected chi connectivity index (χ3v) is 4.78. The van der Waals surface area contributed by atoms with E-state index in [1.165, 1.54) is 25.9 Å². The van der Waals surface area contributed by atoms with Gasteiger partial charge < -0.3 is 10.6 Å². The largest absolute Gasteiger partial charge is 0.355 e. The predicted octanol–water partition coefficient (Wildman–Crippen LogP) is 2.21. The summed E-state index contributed by atoms with van der Waals surface area (Å²) in [6.45, 7) is 11.0. The molecule has 2 rings (SSSR count). The van der Waals surface area contributed by atoms with Gasteiger partial charge in [-0.05, 0) is 45.2 Å². The Kier molecular flexibility index (Phi) is 8.49. The Morgan fingerprint density at radius 3 is 2.75 bits per heavy atom. The normalized spacial score (nSPS) is 19.7. The van der Waals surface area contributed by atoms with E-state index in [9.17, 15) is 0 Å². The van der Waals surface area contributed by atoms with Gasteiger partial charge in [0.25, 0.3) is 0 Å². The molecule has 0 spiro atoms. The number of halogens is 1. The first kappa shape index (κ1) is 21.2. The molecule has 138 valence electrons. The van der Waals surface area contributed by atoms with Crippen molar-refractivity contribution in [3.05, 3.63) is 18.0 Å². The number of hydrogen-bond donors (Lipinski definition) is 2. The average molecular weight is 448 g/mol. The third-order valence-electron chi connectivity index (χ3n) is 4.78. The van der Waals surface area contributed by atoms with Gasteiger partial charge in [-0.25, -0.2) is 0 Å². The van der Waals surface area contributed by atoms with Gasteiger partial charge in [0.2, 0.25) is 0 Å². The van der Waals surface area contributed by atoms with Gasteiger partial charge >= 0.3 is 0 Å². The minimum atomic E-state index is 0. The highest BCUT2D eigenvalue weighted by Gasteiger charge is 2.30. The summed E-state index contributed by atoms with van der Waals surface area (Å²) in [5.74, 6) is 1.63. The number of aromatic nitrogens is 2. The third kappa shape index (κ3) is 5.91. The minimum Gasteiger partial charge on any atom is -0.355 e. The van der Waals surface area contributed by atoms with Crippen LogP contribution in [-0.2, 0) is 13.6 Å². The van der Waals surface area contributed by atoms with Gasteiger partial charge in [-0.1, -0.05) is 6.92 Å². The van der Waals surface area contributed by atoms with E-state index >= 15 is 0 Å². The fraction of sp³-hybridized carbons (Fsp3) is 0.765. The van der Waals surface area contributed by atoms with Crippen molar-refractivity contribution in [1.29, 1.82) is 0 Å². The van der Waals surface area contributed by atoms with Gasteiger partial charge in [0.15, 0.2) is 5.96 Å². The van der Waals surface area contributed by atoms with Crippen LogP contribution in [0.5, 0.6) is 0 Å². The van der Waals surface area contributed by atoms with Gasteiger partial charge in [-0.3, -0.25) is 14.6 Å². The van der Waals surface area contributed by atoms with E-state index in [4.69, 9.17) is 0 Å². The summed E-state index contributed by atoms with van der Waals surface area (Å²) in [5, 5.41) is 11.0. The fourth-order valence-electron chi connectivity index (χ4n) is 3.12. The highest BCUT2D eigenvalue weighted by atomic mass is 127. The second-order valence-electron chi connectivity index (χ2n) is 7.23. The minimum absolute atomic E-state index is 0. The first-order chi connectivity index (χ1) is 10.9. The molecule has 0 aliphatic carbocycles. The Morgan fingerprint density at radius 1 is 1.42 bits per heavy atom.